The third-order valence-corrected chi connectivity index (χ3v) is 3.71. The van der Waals surface area contributed by atoms with Gasteiger partial charge >= 0.3 is 0 Å². The zero-order chi connectivity index (χ0) is 14.0. The lowest BCUT2D eigenvalue weighted by molar-refractivity contribution is -0.0326. The number of rotatable bonds is 4. The molecule has 0 saturated carbocycles. The SMILES string of the molecule is C[C@@H](O)c1ccc(OCC2CCC(C)(C)O2)c(Cl)c1. The molecule has 3 nitrogen and oxygen atoms in total. The van der Waals surface area contributed by atoms with E-state index < -0.39 is 6.10 Å². The number of hydrogen-bond acceptors (Lipinski definition) is 3. The minimum atomic E-state index is -0.523. The average Bonchev–Trinajstić information content (AvgIpc) is 2.67. The molecule has 1 heterocycles. The quantitative estimate of drug-likeness (QED) is 0.915. The second-order valence-electron chi connectivity index (χ2n) is 5.72. The highest BCUT2D eigenvalue weighted by Gasteiger charge is 2.31. The predicted molar refractivity (Wildman–Crippen MR) is 75.8 cm³/mol. The molecule has 0 aromatic heterocycles. The molecular weight excluding hydrogens is 264 g/mol. The summed E-state index contributed by atoms with van der Waals surface area (Å²) < 4.78 is 11.6. The molecule has 1 aliphatic rings. The third kappa shape index (κ3) is 3.85. The second-order valence-corrected chi connectivity index (χ2v) is 6.12. The van der Waals surface area contributed by atoms with E-state index in [1.165, 1.54) is 0 Å². The Balaban J connectivity index is 1.93. The Morgan fingerprint density at radius 1 is 1.53 bits per heavy atom. The average molecular weight is 285 g/mol. The van der Waals surface area contributed by atoms with Gasteiger partial charge in [-0.2, -0.15) is 0 Å². The maximum atomic E-state index is 9.48. The lowest BCUT2D eigenvalue weighted by atomic mass is 10.1. The molecule has 106 valence electrons. The maximum absolute atomic E-state index is 9.48. The van der Waals surface area contributed by atoms with Crippen molar-refractivity contribution in [2.75, 3.05) is 6.61 Å². The van der Waals surface area contributed by atoms with E-state index in [2.05, 4.69) is 13.8 Å². The fourth-order valence-corrected chi connectivity index (χ4v) is 2.52. The van der Waals surface area contributed by atoms with E-state index in [-0.39, 0.29) is 11.7 Å². The summed E-state index contributed by atoms with van der Waals surface area (Å²) in [7, 11) is 0. The van der Waals surface area contributed by atoms with Gasteiger partial charge in [0.1, 0.15) is 12.4 Å². The van der Waals surface area contributed by atoms with Gasteiger partial charge in [-0.25, -0.2) is 0 Å². The van der Waals surface area contributed by atoms with E-state index in [4.69, 9.17) is 21.1 Å². The van der Waals surface area contributed by atoms with Crippen LogP contribution >= 0.6 is 11.6 Å². The predicted octanol–water partition coefficient (Wildman–Crippen LogP) is 3.73. The third-order valence-electron chi connectivity index (χ3n) is 3.42. The minimum Gasteiger partial charge on any atom is -0.489 e. The molecule has 1 fully saturated rings. The monoisotopic (exact) mass is 284 g/mol. The summed E-state index contributed by atoms with van der Waals surface area (Å²) in [5.41, 5.74) is 0.740. The van der Waals surface area contributed by atoms with Crippen LogP contribution in [0.4, 0.5) is 0 Å². The molecule has 2 rings (SSSR count). The minimum absolute atomic E-state index is 0.0476. The van der Waals surface area contributed by atoms with Gasteiger partial charge in [0.2, 0.25) is 0 Å². The Kier molecular flexibility index (Phi) is 4.39. The summed E-state index contributed by atoms with van der Waals surface area (Å²) in [6, 6.07) is 5.36. The summed E-state index contributed by atoms with van der Waals surface area (Å²) in [6.07, 6.45) is 1.67. The Morgan fingerprint density at radius 2 is 2.26 bits per heavy atom. The summed E-state index contributed by atoms with van der Waals surface area (Å²) >= 11 is 6.14. The number of halogens is 1. The Bertz CT molecular complexity index is 443. The molecule has 1 N–H and O–H groups in total. The van der Waals surface area contributed by atoms with Crippen LogP contribution < -0.4 is 4.74 Å². The first-order valence-electron chi connectivity index (χ1n) is 6.65. The molecule has 0 radical (unpaired) electrons. The highest BCUT2D eigenvalue weighted by atomic mass is 35.5. The molecule has 1 unspecified atom stereocenters. The van der Waals surface area contributed by atoms with Crippen LogP contribution in [0.3, 0.4) is 0 Å². The smallest absolute Gasteiger partial charge is 0.138 e. The maximum Gasteiger partial charge on any atom is 0.138 e. The molecule has 0 aliphatic carbocycles. The first-order valence-corrected chi connectivity index (χ1v) is 7.03. The van der Waals surface area contributed by atoms with Crippen LogP contribution in [0.1, 0.15) is 45.3 Å². The highest BCUT2D eigenvalue weighted by molar-refractivity contribution is 6.32. The van der Waals surface area contributed by atoms with Gasteiger partial charge in [-0.05, 0) is 51.3 Å². The number of ether oxygens (including phenoxy) is 2. The van der Waals surface area contributed by atoms with Crippen LogP contribution in [0.15, 0.2) is 18.2 Å². The molecule has 1 saturated heterocycles. The summed E-state index contributed by atoms with van der Waals surface area (Å²) in [6.45, 7) is 6.41. The van der Waals surface area contributed by atoms with E-state index in [1.807, 2.05) is 6.07 Å². The molecule has 2 atom stereocenters. The van der Waals surface area contributed by atoms with E-state index in [1.54, 1.807) is 19.1 Å². The first kappa shape index (κ1) is 14.6. The Hall–Kier alpha value is -0.770. The molecule has 0 spiro atoms. The van der Waals surface area contributed by atoms with E-state index in [0.29, 0.717) is 17.4 Å². The van der Waals surface area contributed by atoms with E-state index in [9.17, 15) is 5.11 Å². The molecule has 1 aliphatic heterocycles. The fraction of sp³-hybridized carbons (Fsp3) is 0.600. The number of aliphatic hydroxyl groups excluding tert-OH is 1. The summed E-state index contributed by atoms with van der Waals surface area (Å²) in [5.74, 6) is 0.638. The van der Waals surface area contributed by atoms with Gasteiger partial charge < -0.3 is 14.6 Å². The first-order chi connectivity index (χ1) is 8.87. The molecule has 1 aromatic carbocycles. The largest absolute Gasteiger partial charge is 0.489 e. The number of aliphatic hydroxyl groups is 1. The van der Waals surface area contributed by atoms with Gasteiger partial charge in [0.15, 0.2) is 0 Å². The molecule has 19 heavy (non-hydrogen) atoms. The van der Waals surface area contributed by atoms with Gasteiger partial charge in [0.25, 0.3) is 0 Å². The zero-order valence-electron chi connectivity index (χ0n) is 11.6. The van der Waals surface area contributed by atoms with E-state index >= 15 is 0 Å². The molecule has 0 bridgehead atoms. The standard InChI is InChI=1S/C15H21ClO3/c1-10(17)11-4-5-14(13(16)8-11)18-9-12-6-7-15(2,3)19-12/h4-5,8,10,12,17H,6-7,9H2,1-3H3/t10-,12?/m1/s1. The van der Waals surface area contributed by atoms with Crippen molar-refractivity contribution < 1.29 is 14.6 Å². The van der Waals surface area contributed by atoms with Crippen molar-refractivity contribution in [3.05, 3.63) is 28.8 Å². The van der Waals surface area contributed by atoms with Crippen molar-refractivity contribution in [2.45, 2.75) is 51.4 Å². The van der Waals surface area contributed by atoms with Gasteiger partial charge in [-0.15, -0.1) is 0 Å². The van der Waals surface area contributed by atoms with Crippen LogP contribution in [0.25, 0.3) is 0 Å². The lowest BCUT2D eigenvalue weighted by Crippen LogP contribution is -2.23. The molecule has 1 aromatic rings. The fourth-order valence-electron chi connectivity index (χ4n) is 2.27. The van der Waals surface area contributed by atoms with Crippen molar-refractivity contribution in [3.63, 3.8) is 0 Å². The van der Waals surface area contributed by atoms with Gasteiger partial charge in [-0.3, -0.25) is 0 Å². The lowest BCUT2D eigenvalue weighted by Gasteiger charge is -2.19. The van der Waals surface area contributed by atoms with Crippen molar-refractivity contribution in [2.24, 2.45) is 0 Å². The number of benzene rings is 1. The zero-order valence-corrected chi connectivity index (χ0v) is 12.4. The Labute approximate surface area is 119 Å². The summed E-state index contributed by atoms with van der Waals surface area (Å²) in [5, 5.41) is 10.0. The summed E-state index contributed by atoms with van der Waals surface area (Å²) in [4.78, 5) is 0. The molecular formula is C15H21ClO3. The second kappa shape index (κ2) is 5.70. The van der Waals surface area contributed by atoms with Crippen molar-refractivity contribution in [3.8, 4) is 5.75 Å². The molecule has 0 amide bonds. The van der Waals surface area contributed by atoms with Crippen LogP contribution in [0.2, 0.25) is 5.02 Å². The highest BCUT2D eigenvalue weighted by Crippen LogP contribution is 2.31. The van der Waals surface area contributed by atoms with Crippen LogP contribution in [0, 0.1) is 0 Å². The van der Waals surface area contributed by atoms with Gasteiger partial charge in [-0.1, -0.05) is 17.7 Å². The van der Waals surface area contributed by atoms with Crippen molar-refractivity contribution >= 4 is 11.6 Å². The number of hydrogen-bond donors (Lipinski definition) is 1. The Morgan fingerprint density at radius 3 is 2.79 bits per heavy atom. The van der Waals surface area contributed by atoms with Crippen LogP contribution in [-0.4, -0.2) is 23.4 Å². The topological polar surface area (TPSA) is 38.7 Å². The van der Waals surface area contributed by atoms with Gasteiger partial charge in [0, 0.05) is 0 Å². The molecule has 4 heteroatoms. The van der Waals surface area contributed by atoms with Crippen molar-refractivity contribution in [1.29, 1.82) is 0 Å². The van der Waals surface area contributed by atoms with E-state index in [0.717, 1.165) is 18.4 Å². The normalized spacial score (nSPS) is 23.3. The van der Waals surface area contributed by atoms with Crippen LogP contribution in [-0.2, 0) is 4.74 Å². The van der Waals surface area contributed by atoms with Crippen LogP contribution in [0.5, 0.6) is 5.75 Å². The van der Waals surface area contributed by atoms with Crippen molar-refractivity contribution in [1.82, 2.24) is 0 Å². The van der Waals surface area contributed by atoms with Gasteiger partial charge in [0.05, 0.1) is 22.8 Å².